The summed E-state index contributed by atoms with van der Waals surface area (Å²) < 4.78 is 0. The maximum atomic E-state index is 11.5. The molecular formula is C11H16ClN3O. The van der Waals surface area contributed by atoms with Gasteiger partial charge in [0.15, 0.2) is 0 Å². The van der Waals surface area contributed by atoms with E-state index in [0.717, 1.165) is 0 Å². The number of anilines is 1. The third kappa shape index (κ3) is 4.98. The second kappa shape index (κ2) is 5.16. The van der Waals surface area contributed by atoms with Gasteiger partial charge in [0, 0.05) is 11.7 Å². The van der Waals surface area contributed by atoms with Crippen LogP contribution in [0.5, 0.6) is 0 Å². The van der Waals surface area contributed by atoms with Crippen LogP contribution in [0.3, 0.4) is 0 Å². The summed E-state index contributed by atoms with van der Waals surface area (Å²) in [7, 11) is 0. The van der Waals surface area contributed by atoms with E-state index >= 15 is 0 Å². The highest BCUT2D eigenvalue weighted by atomic mass is 35.5. The van der Waals surface area contributed by atoms with Gasteiger partial charge in [-0.25, -0.2) is 4.98 Å². The summed E-state index contributed by atoms with van der Waals surface area (Å²) in [4.78, 5) is 15.5. The van der Waals surface area contributed by atoms with Crippen LogP contribution in [0.4, 0.5) is 5.82 Å². The summed E-state index contributed by atoms with van der Waals surface area (Å²) >= 11 is 5.69. The highest BCUT2D eigenvalue weighted by molar-refractivity contribution is 6.30. The van der Waals surface area contributed by atoms with Crippen LogP contribution in [0.25, 0.3) is 0 Å². The molecule has 0 unspecified atom stereocenters. The normalized spacial score (nSPS) is 11.0. The molecule has 0 radical (unpaired) electrons. The number of carbonyl (C=O) groups excluding carboxylic acids is 1. The first-order valence-electron chi connectivity index (χ1n) is 5.03. The molecule has 1 rings (SSSR count). The van der Waals surface area contributed by atoms with Gasteiger partial charge in [0.05, 0.1) is 11.6 Å². The predicted molar refractivity (Wildman–Crippen MR) is 65.6 cm³/mol. The van der Waals surface area contributed by atoms with Crippen LogP contribution in [-0.4, -0.2) is 23.0 Å². The molecule has 0 aliphatic rings. The molecular weight excluding hydrogens is 226 g/mol. The van der Waals surface area contributed by atoms with E-state index in [1.54, 1.807) is 12.1 Å². The van der Waals surface area contributed by atoms with Crippen molar-refractivity contribution in [1.82, 2.24) is 10.3 Å². The third-order valence-corrected chi connectivity index (χ3v) is 1.90. The number of amides is 1. The molecule has 0 saturated carbocycles. The van der Waals surface area contributed by atoms with E-state index in [1.165, 1.54) is 6.20 Å². The molecule has 0 aromatic carbocycles. The molecule has 1 aromatic rings. The van der Waals surface area contributed by atoms with E-state index in [4.69, 9.17) is 11.6 Å². The van der Waals surface area contributed by atoms with E-state index in [2.05, 4.69) is 15.6 Å². The van der Waals surface area contributed by atoms with Crippen LogP contribution >= 0.6 is 11.6 Å². The first-order chi connectivity index (χ1) is 7.37. The summed E-state index contributed by atoms with van der Waals surface area (Å²) in [6.07, 6.45) is 1.53. The number of hydrogen-bond acceptors (Lipinski definition) is 3. The standard InChI is InChI=1S/C11H16ClN3O/c1-11(2,3)15-10(16)7-14-9-5-4-8(12)6-13-9/h4-6H,7H2,1-3H3,(H,13,14)(H,15,16). The number of rotatable bonds is 3. The van der Waals surface area contributed by atoms with Gasteiger partial charge in [0.25, 0.3) is 0 Å². The molecule has 0 spiro atoms. The van der Waals surface area contributed by atoms with Gasteiger partial charge in [-0.1, -0.05) is 11.6 Å². The lowest BCUT2D eigenvalue weighted by Crippen LogP contribution is -2.43. The Labute approximate surface area is 100 Å². The second-order valence-electron chi connectivity index (χ2n) is 4.51. The Morgan fingerprint density at radius 3 is 2.62 bits per heavy atom. The molecule has 1 heterocycles. The minimum absolute atomic E-state index is 0.0655. The van der Waals surface area contributed by atoms with Crippen molar-refractivity contribution in [2.45, 2.75) is 26.3 Å². The highest BCUT2D eigenvalue weighted by Gasteiger charge is 2.13. The van der Waals surface area contributed by atoms with Gasteiger partial charge in [0.1, 0.15) is 5.82 Å². The molecule has 0 aliphatic carbocycles. The maximum Gasteiger partial charge on any atom is 0.239 e. The summed E-state index contributed by atoms with van der Waals surface area (Å²) in [6, 6.07) is 3.45. The number of halogens is 1. The molecule has 0 fully saturated rings. The number of hydrogen-bond donors (Lipinski definition) is 2. The molecule has 0 aliphatic heterocycles. The van der Waals surface area contributed by atoms with Crippen molar-refractivity contribution in [2.75, 3.05) is 11.9 Å². The Hall–Kier alpha value is -1.29. The molecule has 88 valence electrons. The molecule has 4 nitrogen and oxygen atoms in total. The Kier molecular flexibility index (Phi) is 4.12. The van der Waals surface area contributed by atoms with E-state index in [1.807, 2.05) is 20.8 Å². The van der Waals surface area contributed by atoms with Gasteiger partial charge in [-0.3, -0.25) is 4.79 Å². The molecule has 1 amide bonds. The average molecular weight is 242 g/mol. The lowest BCUT2D eigenvalue weighted by atomic mass is 10.1. The zero-order chi connectivity index (χ0) is 12.2. The van der Waals surface area contributed by atoms with E-state index in [9.17, 15) is 4.79 Å². The number of aromatic nitrogens is 1. The fraction of sp³-hybridized carbons (Fsp3) is 0.455. The van der Waals surface area contributed by atoms with Crippen LogP contribution in [-0.2, 0) is 4.79 Å². The van der Waals surface area contributed by atoms with Gasteiger partial charge in [-0.05, 0) is 32.9 Å². The lowest BCUT2D eigenvalue weighted by molar-refractivity contribution is -0.120. The van der Waals surface area contributed by atoms with Crippen molar-refractivity contribution in [1.29, 1.82) is 0 Å². The topological polar surface area (TPSA) is 54.0 Å². The summed E-state index contributed by atoms with van der Waals surface area (Å²) in [5, 5.41) is 6.33. The molecule has 16 heavy (non-hydrogen) atoms. The lowest BCUT2D eigenvalue weighted by Gasteiger charge is -2.20. The monoisotopic (exact) mass is 241 g/mol. The van der Waals surface area contributed by atoms with Gasteiger partial charge >= 0.3 is 0 Å². The van der Waals surface area contributed by atoms with Crippen molar-refractivity contribution in [3.63, 3.8) is 0 Å². The van der Waals surface area contributed by atoms with Crippen molar-refractivity contribution < 1.29 is 4.79 Å². The number of nitrogens with one attached hydrogen (secondary N) is 2. The van der Waals surface area contributed by atoms with Crippen LogP contribution in [0.1, 0.15) is 20.8 Å². The van der Waals surface area contributed by atoms with Crippen LogP contribution in [0, 0.1) is 0 Å². The first-order valence-corrected chi connectivity index (χ1v) is 5.41. The van der Waals surface area contributed by atoms with Crippen molar-refractivity contribution in [3.05, 3.63) is 23.4 Å². The largest absolute Gasteiger partial charge is 0.361 e. The molecule has 0 atom stereocenters. The summed E-state index contributed by atoms with van der Waals surface area (Å²) in [6.45, 7) is 6.01. The molecule has 0 bridgehead atoms. The number of pyridine rings is 1. The van der Waals surface area contributed by atoms with E-state index < -0.39 is 0 Å². The number of carbonyl (C=O) groups is 1. The van der Waals surface area contributed by atoms with E-state index in [0.29, 0.717) is 10.8 Å². The zero-order valence-electron chi connectivity index (χ0n) is 9.67. The summed E-state index contributed by atoms with van der Waals surface area (Å²) in [5.74, 6) is 0.567. The Morgan fingerprint density at radius 1 is 1.44 bits per heavy atom. The van der Waals surface area contributed by atoms with Gasteiger partial charge in [-0.15, -0.1) is 0 Å². The van der Waals surface area contributed by atoms with Crippen molar-refractivity contribution in [3.8, 4) is 0 Å². The predicted octanol–water partition coefficient (Wildman–Crippen LogP) is 2.06. The van der Waals surface area contributed by atoms with Crippen LogP contribution in [0.2, 0.25) is 5.02 Å². The van der Waals surface area contributed by atoms with Gasteiger partial charge < -0.3 is 10.6 Å². The average Bonchev–Trinajstić information content (AvgIpc) is 2.14. The van der Waals surface area contributed by atoms with Crippen LogP contribution in [0.15, 0.2) is 18.3 Å². The smallest absolute Gasteiger partial charge is 0.239 e. The Balaban J connectivity index is 2.40. The second-order valence-corrected chi connectivity index (χ2v) is 4.95. The minimum atomic E-state index is -0.216. The van der Waals surface area contributed by atoms with Crippen molar-refractivity contribution >= 4 is 23.3 Å². The van der Waals surface area contributed by atoms with Gasteiger partial charge in [0.2, 0.25) is 5.91 Å². The third-order valence-electron chi connectivity index (χ3n) is 1.67. The van der Waals surface area contributed by atoms with Crippen LogP contribution < -0.4 is 10.6 Å². The molecule has 2 N–H and O–H groups in total. The Morgan fingerprint density at radius 2 is 2.12 bits per heavy atom. The summed E-state index contributed by atoms with van der Waals surface area (Å²) in [5.41, 5.74) is -0.216. The fourth-order valence-corrected chi connectivity index (χ4v) is 1.23. The minimum Gasteiger partial charge on any atom is -0.361 e. The Bertz CT molecular complexity index is 356. The molecule has 0 saturated heterocycles. The first kappa shape index (κ1) is 12.8. The fourth-order valence-electron chi connectivity index (χ4n) is 1.11. The van der Waals surface area contributed by atoms with Gasteiger partial charge in [-0.2, -0.15) is 0 Å². The quantitative estimate of drug-likeness (QED) is 0.852. The number of nitrogens with zero attached hydrogens (tertiary/aromatic N) is 1. The maximum absolute atomic E-state index is 11.5. The highest BCUT2D eigenvalue weighted by Crippen LogP contribution is 2.09. The molecule has 1 aromatic heterocycles. The SMILES string of the molecule is CC(C)(C)NC(=O)CNc1ccc(Cl)cn1. The molecule has 5 heteroatoms. The van der Waals surface area contributed by atoms with Crippen molar-refractivity contribution in [2.24, 2.45) is 0 Å². The zero-order valence-corrected chi connectivity index (χ0v) is 10.4. The van der Waals surface area contributed by atoms with E-state index in [-0.39, 0.29) is 18.0 Å².